The molecular formula is C12H20Cl2N4. The summed E-state index contributed by atoms with van der Waals surface area (Å²) in [5.41, 5.74) is 0.911. The third-order valence-electron chi connectivity index (χ3n) is 3.14. The van der Waals surface area contributed by atoms with E-state index in [0.717, 1.165) is 31.1 Å². The van der Waals surface area contributed by atoms with Gasteiger partial charge in [0.2, 0.25) is 5.28 Å². The second-order valence-corrected chi connectivity index (χ2v) is 5.07. The first-order valence-corrected chi connectivity index (χ1v) is 6.46. The van der Waals surface area contributed by atoms with Gasteiger partial charge in [0.25, 0.3) is 0 Å². The van der Waals surface area contributed by atoms with Crippen LogP contribution in [0.5, 0.6) is 0 Å². The van der Waals surface area contributed by atoms with Crippen molar-refractivity contribution in [1.82, 2.24) is 15.3 Å². The minimum Gasteiger partial charge on any atom is -0.359 e. The van der Waals surface area contributed by atoms with E-state index in [4.69, 9.17) is 11.6 Å². The van der Waals surface area contributed by atoms with Gasteiger partial charge in [0.1, 0.15) is 5.82 Å². The van der Waals surface area contributed by atoms with Crippen molar-refractivity contribution in [2.75, 3.05) is 31.6 Å². The predicted molar refractivity (Wildman–Crippen MR) is 77.9 cm³/mol. The van der Waals surface area contributed by atoms with E-state index in [9.17, 15) is 0 Å². The maximum absolute atomic E-state index is 5.88. The SMILES string of the molecule is Cc1cc(N(C)CC2CCCNC2)nc(Cl)n1.Cl. The average Bonchev–Trinajstić information content (AvgIpc) is 2.29. The molecule has 1 N–H and O–H groups in total. The molecule has 1 saturated heterocycles. The predicted octanol–water partition coefficient (Wildman–Crippen LogP) is 2.30. The highest BCUT2D eigenvalue weighted by Gasteiger charge is 2.16. The molecule has 2 rings (SSSR count). The van der Waals surface area contributed by atoms with E-state index in [-0.39, 0.29) is 12.4 Å². The molecule has 18 heavy (non-hydrogen) atoms. The molecule has 1 aliphatic heterocycles. The fraction of sp³-hybridized carbons (Fsp3) is 0.667. The van der Waals surface area contributed by atoms with Gasteiger partial charge in [-0.2, -0.15) is 0 Å². The highest BCUT2D eigenvalue weighted by molar-refractivity contribution is 6.28. The number of aryl methyl sites for hydroxylation is 1. The van der Waals surface area contributed by atoms with Crippen molar-refractivity contribution in [2.24, 2.45) is 5.92 Å². The molecule has 1 unspecified atom stereocenters. The first kappa shape index (κ1) is 15.5. The summed E-state index contributed by atoms with van der Waals surface area (Å²) in [6.07, 6.45) is 2.55. The molecule has 4 nitrogen and oxygen atoms in total. The Bertz CT molecular complexity index is 360. The van der Waals surface area contributed by atoms with Gasteiger partial charge in [0.05, 0.1) is 0 Å². The van der Waals surface area contributed by atoms with E-state index in [1.165, 1.54) is 12.8 Å². The lowest BCUT2D eigenvalue weighted by molar-refractivity contribution is 0.380. The normalized spacial score (nSPS) is 19.2. The van der Waals surface area contributed by atoms with Gasteiger partial charge in [-0.3, -0.25) is 0 Å². The molecular weight excluding hydrogens is 271 g/mol. The number of hydrogen-bond acceptors (Lipinski definition) is 4. The molecule has 0 saturated carbocycles. The van der Waals surface area contributed by atoms with Crippen LogP contribution in [0.2, 0.25) is 5.28 Å². The van der Waals surface area contributed by atoms with Gasteiger partial charge in [-0.05, 0) is 50.4 Å². The number of halogens is 2. The lowest BCUT2D eigenvalue weighted by atomic mass is 9.99. The van der Waals surface area contributed by atoms with Crippen molar-refractivity contribution in [1.29, 1.82) is 0 Å². The number of rotatable bonds is 3. The Morgan fingerprint density at radius 1 is 1.50 bits per heavy atom. The third kappa shape index (κ3) is 4.26. The maximum atomic E-state index is 5.88. The summed E-state index contributed by atoms with van der Waals surface area (Å²) in [6.45, 7) is 5.20. The van der Waals surface area contributed by atoms with Gasteiger partial charge in [-0.15, -0.1) is 12.4 Å². The standard InChI is InChI=1S/C12H19ClN4.ClH/c1-9-6-11(16-12(13)15-9)17(2)8-10-4-3-5-14-7-10;/h6,10,14H,3-5,7-8H2,1-2H3;1H. The first-order chi connectivity index (χ1) is 8.15. The van der Waals surface area contributed by atoms with Gasteiger partial charge < -0.3 is 10.2 Å². The van der Waals surface area contributed by atoms with Gasteiger partial charge >= 0.3 is 0 Å². The van der Waals surface area contributed by atoms with E-state index in [1.807, 2.05) is 13.0 Å². The van der Waals surface area contributed by atoms with Crippen LogP contribution in [-0.2, 0) is 0 Å². The van der Waals surface area contributed by atoms with Crippen LogP contribution in [0.1, 0.15) is 18.5 Å². The van der Waals surface area contributed by atoms with Gasteiger partial charge in [-0.1, -0.05) is 0 Å². The molecule has 0 aromatic carbocycles. The summed E-state index contributed by atoms with van der Waals surface area (Å²) in [7, 11) is 2.06. The first-order valence-electron chi connectivity index (χ1n) is 6.08. The zero-order valence-corrected chi connectivity index (χ0v) is 12.4. The number of nitrogens with zero attached hydrogens (tertiary/aromatic N) is 3. The zero-order valence-electron chi connectivity index (χ0n) is 10.8. The lowest BCUT2D eigenvalue weighted by Gasteiger charge is -2.28. The Morgan fingerprint density at radius 3 is 2.89 bits per heavy atom. The zero-order chi connectivity index (χ0) is 12.3. The lowest BCUT2D eigenvalue weighted by Crippen LogP contribution is -2.37. The Morgan fingerprint density at radius 2 is 2.28 bits per heavy atom. The van der Waals surface area contributed by atoms with Crippen LogP contribution in [0.25, 0.3) is 0 Å². The summed E-state index contributed by atoms with van der Waals surface area (Å²) in [5, 5.41) is 3.76. The van der Waals surface area contributed by atoms with Crippen molar-refractivity contribution >= 4 is 29.8 Å². The molecule has 0 amide bonds. The topological polar surface area (TPSA) is 41.0 Å². The molecule has 1 aromatic rings. The fourth-order valence-electron chi connectivity index (χ4n) is 2.27. The molecule has 0 bridgehead atoms. The minimum atomic E-state index is 0. The minimum absolute atomic E-state index is 0. The second-order valence-electron chi connectivity index (χ2n) is 4.73. The average molecular weight is 291 g/mol. The Balaban J connectivity index is 0.00000162. The summed E-state index contributed by atoms with van der Waals surface area (Å²) in [6, 6.07) is 1.97. The molecule has 1 fully saturated rings. The van der Waals surface area contributed by atoms with Crippen LogP contribution in [0, 0.1) is 12.8 Å². The van der Waals surface area contributed by atoms with E-state index >= 15 is 0 Å². The molecule has 0 aliphatic carbocycles. The molecule has 102 valence electrons. The smallest absolute Gasteiger partial charge is 0.224 e. The highest BCUT2D eigenvalue weighted by atomic mass is 35.5. The van der Waals surface area contributed by atoms with Crippen LogP contribution >= 0.6 is 24.0 Å². The van der Waals surface area contributed by atoms with E-state index < -0.39 is 0 Å². The van der Waals surface area contributed by atoms with Crippen molar-refractivity contribution in [2.45, 2.75) is 19.8 Å². The highest BCUT2D eigenvalue weighted by Crippen LogP contribution is 2.17. The van der Waals surface area contributed by atoms with Crippen molar-refractivity contribution in [3.8, 4) is 0 Å². The Labute approximate surface area is 120 Å². The number of piperidine rings is 1. The van der Waals surface area contributed by atoms with Crippen LogP contribution < -0.4 is 10.2 Å². The molecule has 0 radical (unpaired) electrons. The molecule has 2 heterocycles. The van der Waals surface area contributed by atoms with Gasteiger partial charge in [0.15, 0.2) is 0 Å². The Kier molecular flexibility index (Phi) is 6.12. The third-order valence-corrected chi connectivity index (χ3v) is 3.30. The monoisotopic (exact) mass is 290 g/mol. The van der Waals surface area contributed by atoms with E-state index in [0.29, 0.717) is 11.2 Å². The molecule has 1 aliphatic rings. The van der Waals surface area contributed by atoms with Gasteiger partial charge in [0, 0.05) is 25.4 Å². The van der Waals surface area contributed by atoms with E-state index in [1.54, 1.807) is 0 Å². The quantitative estimate of drug-likeness (QED) is 0.868. The molecule has 0 spiro atoms. The van der Waals surface area contributed by atoms with Crippen LogP contribution in [0.3, 0.4) is 0 Å². The van der Waals surface area contributed by atoms with Crippen LogP contribution in [0.4, 0.5) is 5.82 Å². The number of aromatic nitrogens is 2. The summed E-state index contributed by atoms with van der Waals surface area (Å²) >= 11 is 5.88. The second kappa shape index (κ2) is 7.12. The van der Waals surface area contributed by atoms with Gasteiger partial charge in [-0.25, -0.2) is 9.97 Å². The molecule has 1 atom stereocenters. The Hall–Kier alpha value is -0.580. The molecule has 6 heteroatoms. The van der Waals surface area contributed by atoms with Crippen molar-refractivity contribution < 1.29 is 0 Å². The fourth-order valence-corrected chi connectivity index (χ4v) is 2.49. The largest absolute Gasteiger partial charge is 0.359 e. The summed E-state index contributed by atoms with van der Waals surface area (Å²) in [4.78, 5) is 10.5. The summed E-state index contributed by atoms with van der Waals surface area (Å²) < 4.78 is 0. The number of anilines is 1. The van der Waals surface area contributed by atoms with Crippen molar-refractivity contribution in [3.63, 3.8) is 0 Å². The van der Waals surface area contributed by atoms with Crippen LogP contribution in [-0.4, -0.2) is 36.6 Å². The summed E-state index contributed by atoms with van der Waals surface area (Å²) in [5.74, 6) is 1.61. The van der Waals surface area contributed by atoms with E-state index in [2.05, 4.69) is 27.2 Å². The molecule has 1 aromatic heterocycles. The van der Waals surface area contributed by atoms with Crippen LogP contribution in [0.15, 0.2) is 6.07 Å². The number of nitrogens with one attached hydrogen (secondary N) is 1. The maximum Gasteiger partial charge on any atom is 0.224 e. The number of hydrogen-bond donors (Lipinski definition) is 1. The van der Waals surface area contributed by atoms with Crippen molar-refractivity contribution in [3.05, 3.63) is 17.0 Å².